The molecule has 1 fully saturated rings. The van der Waals surface area contributed by atoms with Crippen LogP contribution in [0.1, 0.15) is 37.8 Å². The largest absolute Gasteiger partial charge is 0.468 e. The first-order valence-corrected chi connectivity index (χ1v) is 10.9. The van der Waals surface area contributed by atoms with Crippen LogP contribution in [0.4, 0.5) is 0 Å². The molecule has 0 saturated carbocycles. The summed E-state index contributed by atoms with van der Waals surface area (Å²) in [5.74, 6) is 3.69. The number of imide groups is 1. The van der Waals surface area contributed by atoms with Gasteiger partial charge in [-0.3, -0.25) is 29.7 Å². The number of piperidine rings is 1. The number of methoxy groups -OCH3 is 1. The van der Waals surface area contributed by atoms with Gasteiger partial charge in [0, 0.05) is 18.9 Å². The number of allylic oxidation sites excluding steroid dienone is 1. The number of benzene rings is 2. The molecule has 1 heterocycles. The zero-order chi connectivity index (χ0) is 25.9. The molecule has 2 amide bonds. The van der Waals surface area contributed by atoms with E-state index in [1.165, 1.54) is 13.4 Å². The number of esters is 1. The molecule has 3 N–H and O–H groups in total. The molecule has 0 aromatic heterocycles. The number of carbonyl (C=O) groups excluding carboxylic acids is 3. The lowest BCUT2D eigenvalue weighted by molar-refractivity contribution is -0.139. The van der Waals surface area contributed by atoms with Crippen molar-refractivity contribution in [1.82, 2.24) is 5.32 Å². The van der Waals surface area contributed by atoms with Crippen LogP contribution in [0.25, 0.3) is 0 Å². The number of amides is 2. The van der Waals surface area contributed by atoms with Gasteiger partial charge in [0.25, 0.3) is 5.91 Å². The molecule has 1 aliphatic rings. The number of nitrogens with two attached hydrogens (primary N) is 1. The fourth-order valence-corrected chi connectivity index (χ4v) is 2.58. The van der Waals surface area contributed by atoms with E-state index in [2.05, 4.69) is 30.8 Å². The highest BCUT2D eigenvalue weighted by atomic mass is 16.6. The molecular formula is C26H32N4O5. The van der Waals surface area contributed by atoms with Crippen LogP contribution in [-0.4, -0.2) is 49.4 Å². The van der Waals surface area contributed by atoms with Gasteiger partial charge in [0.05, 0.1) is 7.11 Å². The zero-order valence-corrected chi connectivity index (χ0v) is 20.2. The highest BCUT2D eigenvalue weighted by molar-refractivity contribution is 6.03. The third-order valence-electron chi connectivity index (χ3n) is 4.58. The van der Waals surface area contributed by atoms with Crippen molar-refractivity contribution in [2.75, 3.05) is 13.7 Å². The van der Waals surface area contributed by atoms with E-state index in [9.17, 15) is 14.4 Å². The molecule has 1 saturated heterocycles. The minimum absolute atomic E-state index is 0.0748. The Morgan fingerprint density at radius 3 is 2.09 bits per heavy atom. The van der Waals surface area contributed by atoms with Crippen molar-refractivity contribution in [2.45, 2.75) is 32.2 Å². The van der Waals surface area contributed by atoms with Gasteiger partial charge < -0.3 is 9.57 Å². The van der Waals surface area contributed by atoms with Gasteiger partial charge in [-0.1, -0.05) is 66.7 Å². The second-order valence-electron chi connectivity index (χ2n) is 7.38. The lowest BCUT2D eigenvalue weighted by Crippen LogP contribution is -2.50. The second kappa shape index (κ2) is 16.5. The first kappa shape index (κ1) is 28.9. The summed E-state index contributed by atoms with van der Waals surface area (Å²) in [5.41, 5.74) is 1.09. The number of hydrogen-bond acceptors (Lipinski definition) is 8. The van der Waals surface area contributed by atoms with Gasteiger partial charge in [-0.25, -0.2) is 0 Å². The van der Waals surface area contributed by atoms with Crippen molar-refractivity contribution in [3.63, 3.8) is 0 Å². The highest BCUT2D eigenvalue weighted by Gasteiger charge is 2.37. The Morgan fingerprint density at radius 2 is 1.63 bits per heavy atom. The Bertz CT molecular complexity index is 1010. The van der Waals surface area contributed by atoms with Gasteiger partial charge in [0.2, 0.25) is 5.91 Å². The summed E-state index contributed by atoms with van der Waals surface area (Å²) < 4.78 is 4.44. The maximum absolute atomic E-state index is 11.7. The molecule has 9 nitrogen and oxygen atoms in total. The van der Waals surface area contributed by atoms with E-state index in [0.717, 1.165) is 11.1 Å². The standard InChI is InChI=1S/C13H14N2O2.C10H11NO2.C3H7NO/c1-13(8-7-11(16)15-12(13)17)14-9-10-5-3-2-4-6-10;1-13-10(12)8-11-7-9-5-3-2-4-6-9;1-2-3-5-4/h2-6,9H,7-8H2,1H3,(H,15,16,17);2-7H,8H2,1H3;2-3H,4H2,1H3/b;;3-2+. The second-order valence-corrected chi connectivity index (χ2v) is 7.38. The summed E-state index contributed by atoms with van der Waals surface area (Å²) in [5, 5.41) is 2.31. The van der Waals surface area contributed by atoms with E-state index in [1.807, 2.05) is 67.6 Å². The summed E-state index contributed by atoms with van der Waals surface area (Å²) in [4.78, 5) is 45.7. The van der Waals surface area contributed by atoms with Crippen molar-refractivity contribution < 1.29 is 24.0 Å². The smallest absolute Gasteiger partial charge is 0.327 e. The van der Waals surface area contributed by atoms with Crippen LogP contribution in [0.2, 0.25) is 0 Å². The van der Waals surface area contributed by atoms with Crippen molar-refractivity contribution >= 4 is 30.2 Å². The fraction of sp³-hybridized carbons (Fsp3) is 0.269. The maximum Gasteiger partial charge on any atom is 0.327 e. The van der Waals surface area contributed by atoms with Gasteiger partial charge in [-0.15, -0.1) is 0 Å². The Kier molecular flexibility index (Phi) is 13.6. The molecule has 0 spiro atoms. The average Bonchev–Trinajstić information content (AvgIpc) is 2.88. The number of carbonyl (C=O) groups is 3. The van der Waals surface area contributed by atoms with Crippen LogP contribution >= 0.6 is 0 Å². The molecule has 9 heteroatoms. The lowest BCUT2D eigenvalue weighted by Gasteiger charge is -2.27. The van der Waals surface area contributed by atoms with Gasteiger partial charge >= 0.3 is 5.97 Å². The first-order valence-electron chi connectivity index (χ1n) is 10.9. The van der Waals surface area contributed by atoms with Gasteiger partial charge in [0.15, 0.2) is 0 Å². The minimum atomic E-state index is -0.830. The maximum atomic E-state index is 11.7. The average molecular weight is 481 g/mol. The number of aliphatic imine (C=N–C) groups is 2. The Hall–Kier alpha value is -4.11. The topological polar surface area (TPSA) is 132 Å². The van der Waals surface area contributed by atoms with Crippen LogP contribution in [0, 0.1) is 0 Å². The van der Waals surface area contributed by atoms with Crippen molar-refractivity contribution in [3.05, 3.63) is 84.1 Å². The van der Waals surface area contributed by atoms with E-state index in [4.69, 9.17) is 0 Å². The SMILES string of the molecule is C/C=C/ON.CC1(N=Cc2ccccc2)CCC(=O)NC1=O.COC(=O)CN=Cc1ccccc1. The van der Waals surface area contributed by atoms with E-state index in [-0.39, 0.29) is 24.3 Å². The van der Waals surface area contributed by atoms with Crippen molar-refractivity contribution in [2.24, 2.45) is 15.9 Å². The highest BCUT2D eigenvalue weighted by Crippen LogP contribution is 2.21. The van der Waals surface area contributed by atoms with Crippen LogP contribution in [0.5, 0.6) is 0 Å². The number of nitrogens with zero attached hydrogens (tertiary/aromatic N) is 2. The number of ether oxygens (including phenoxy) is 1. The van der Waals surface area contributed by atoms with Gasteiger partial charge in [-0.2, -0.15) is 5.90 Å². The molecule has 35 heavy (non-hydrogen) atoms. The summed E-state index contributed by atoms with van der Waals surface area (Å²) in [6.45, 7) is 3.65. The van der Waals surface area contributed by atoms with Crippen LogP contribution < -0.4 is 11.2 Å². The Balaban J connectivity index is 0.000000302. The number of rotatable bonds is 6. The van der Waals surface area contributed by atoms with Crippen molar-refractivity contribution in [1.29, 1.82) is 0 Å². The molecule has 0 radical (unpaired) electrons. The molecule has 0 aliphatic carbocycles. The lowest BCUT2D eigenvalue weighted by atomic mass is 9.92. The quantitative estimate of drug-likeness (QED) is 0.215. The predicted octanol–water partition coefficient (Wildman–Crippen LogP) is 2.99. The molecule has 2 aromatic rings. The fourth-order valence-electron chi connectivity index (χ4n) is 2.58. The van der Waals surface area contributed by atoms with Gasteiger partial charge in [-0.05, 0) is 31.4 Å². The molecule has 1 unspecified atom stereocenters. The van der Waals surface area contributed by atoms with E-state index in [0.29, 0.717) is 12.8 Å². The van der Waals surface area contributed by atoms with Crippen LogP contribution in [-0.2, 0) is 24.0 Å². The summed E-state index contributed by atoms with van der Waals surface area (Å²) >= 11 is 0. The minimum Gasteiger partial charge on any atom is -0.468 e. The van der Waals surface area contributed by atoms with Gasteiger partial charge in [0.1, 0.15) is 18.3 Å². The molecule has 1 aliphatic heterocycles. The zero-order valence-electron chi connectivity index (χ0n) is 20.2. The molecular weight excluding hydrogens is 448 g/mol. The third-order valence-corrected chi connectivity index (χ3v) is 4.58. The summed E-state index contributed by atoms with van der Waals surface area (Å²) in [7, 11) is 1.35. The number of nitrogens with one attached hydrogen (secondary N) is 1. The normalized spacial score (nSPS) is 17.3. The third kappa shape index (κ3) is 12.1. The monoisotopic (exact) mass is 480 g/mol. The Labute approximate surface area is 205 Å². The summed E-state index contributed by atoms with van der Waals surface area (Å²) in [6, 6.07) is 19.2. The predicted molar refractivity (Wildman–Crippen MR) is 136 cm³/mol. The van der Waals surface area contributed by atoms with Crippen LogP contribution in [0.15, 0.2) is 83.0 Å². The Morgan fingerprint density at radius 1 is 1.06 bits per heavy atom. The van der Waals surface area contributed by atoms with E-state index in [1.54, 1.807) is 25.4 Å². The molecule has 1 atom stereocenters. The molecule has 0 bridgehead atoms. The molecule has 2 aromatic carbocycles. The van der Waals surface area contributed by atoms with E-state index < -0.39 is 5.54 Å². The molecule has 186 valence electrons. The first-order chi connectivity index (χ1) is 16.8. The van der Waals surface area contributed by atoms with Crippen LogP contribution in [0.3, 0.4) is 0 Å². The molecule has 3 rings (SSSR count). The van der Waals surface area contributed by atoms with E-state index >= 15 is 0 Å². The summed E-state index contributed by atoms with van der Waals surface area (Å²) in [6.07, 6.45) is 7.24. The van der Waals surface area contributed by atoms with Crippen molar-refractivity contribution in [3.8, 4) is 0 Å². The number of hydrogen-bond donors (Lipinski definition) is 2.